The second kappa shape index (κ2) is 13.2. The highest BCUT2D eigenvalue weighted by Gasteiger charge is 2.14. The molecule has 5 rings (SSSR count). The van der Waals surface area contributed by atoms with Crippen LogP contribution in [0.3, 0.4) is 0 Å². The number of rotatable bonds is 11. The molecule has 1 amide bonds. The van der Waals surface area contributed by atoms with Crippen LogP contribution in [0.25, 0.3) is 5.69 Å². The number of hydrazone groups is 1. The van der Waals surface area contributed by atoms with E-state index >= 15 is 0 Å². The molecule has 2 heterocycles. The zero-order valence-corrected chi connectivity index (χ0v) is 24.9. The molecule has 11 heteroatoms. The summed E-state index contributed by atoms with van der Waals surface area (Å²) in [4.78, 5) is 23.4. The van der Waals surface area contributed by atoms with Crippen LogP contribution < -0.4 is 14.9 Å². The number of furan rings is 1. The molecule has 2 aromatic heterocycles. The zero-order chi connectivity index (χ0) is 30.3. The van der Waals surface area contributed by atoms with Crippen LogP contribution in [0.5, 0.6) is 11.5 Å². The predicted octanol–water partition coefficient (Wildman–Crippen LogP) is 7.28. The Morgan fingerprint density at radius 3 is 2.37 bits per heavy atom. The lowest BCUT2D eigenvalue weighted by molar-refractivity contribution is -0.384. The number of hydrogen-bond donors (Lipinski definition) is 1. The Labute approximate surface area is 255 Å². The Balaban J connectivity index is 1.18. The topological polar surface area (TPSA) is 121 Å². The van der Waals surface area contributed by atoms with Gasteiger partial charge in [0, 0.05) is 39.2 Å². The highest BCUT2D eigenvalue weighted by atomic mass is 79.9. The first-order chi connectivity index (χ1) is 20.8. The van der Waals surface area contributed by atoms with Gasteiger partial charge in [0.1, 0.15) is 30.5 Å². The Morgan fingerprint density at radius 2 is 1.67 bits per heavy atom. The Hall–Kier alpha value is -5.16. The number of halogens is 1. The van der Waals surface area contributed by atoms with Gasteiger partial charge in [0.05, 0.1) is 11.1 Å². The number of nitrogens with one attached hydrogen (secondary N) is 1. The van der Waals surface area contributed by atoms with Crippen LogP contribution in [-0.2, 0) is 13.2 Å². The largest absolute Gasteiger partial charge is 0.488 e. The third-order valence-corrected chi connectivity index (χ3v) is 7.04. The summed E-state index contributed by atoms with van der Waals surface area (Å²) < 4.78 is 20.4. The van der Waals surface area contributed by atoms with Crippen LogP contribution >= 0.6 is 15.9 Å². The summed E-state index contributed by atoms with van der Waals surface area (Å²) in [5, 5.41) is 15.3. The quantitative estimate of drug-likeness (QED) is 0.0918. The van der Waals surface area contributed by atoms with Crippen LogP contribution in [0.4, 0.5) is 5.69 Å². The second-order valence-corrected chi connectivity index (χ2v) is 10.5. The van der Waals surface area contributed by atoms with Crippen LogP contribution in [0.2, 0.25) is 0 Å². The molecular formula is C32H27BrN4O6. The minimum atomic E-state index is -0.591. The lowest BCUT2D eigenvalue weighted by Crippen LogP contribution is -2.17. The molecule has 0 aliphatic carbocycles. The fourth-order valence-electron chi connectivity index (χ4n) is 4.34. The molecule has 1 N–H and O–H groups in total. The van der Waals surface area contributed by atoms with E-state index in [1.807, 2.05) is 48.5 Å². The summed E-state index contributed by atoms with van der Waals surface area (Å²) in [6, 6.07) is 26.8. The third kappa shape index (κ3) is 7.38. The molecule has 0 saturated carbocycles. The van der Waals surface area contributed by atoms with Crippen molar-refractivity contribution in [3.05, 3.63) is 140 Å². The highest BCUT2D eigenvalue weighted by molar-refractivity contribution is 9.10. The first-order valence-electron chi connectivity index (χ1n) is 13.2. The minimum absolute atomic E-state index is 0.0374. The number of nitrogens with zero attached hydrogens (tertiary/aromatic N) is 3. The van der Waals surface area contributed by atoms with E-state index in [4.69, 9.17) is 13.9 Å². The van der Waals surface area contributed by atoms with Crippen molar-refractivity contribution in [2.24, 2.45) is 5.10 Å². The van der Waals surface area contributed by atoms with E-state index < -0.39 is 10.8 Å². The number of benzene rings is 3. The Bertz CT molecular complexity index is 1760. The summed E-state index contributed by atoms with van der Waals surface area (Å²) in [6.07, 6.45) is 1.29. The van der Waals surface area contributed by atoms with Gasteiger partial charge in [-0.25, -0.2) is 5.43 Å². The van der Waals surface area contributed by atoms with Crippen LogP contribution in [0.15, 0.2) is 105 Å². The first-order valence-corrected chi connectivity index (χ1v) is 14.0. The van der Waals surface area contributed by atoms with Crippen molar-refractivity contribution < 1.29 is 23.6 Å². The number of amides is 1. The van der Waals surface area contributed by atoms with E-state index in [1.54, 1.807) is 6.07 Å². The molecule has 0 aliphatic rings. The van der Waals surface area contributed by atoms with Gasteiger partial charge in [0.2, 0.25) is 0 Å². The average Bonchev–Trinajstić information content (AvgIpc) is 3.62. The molecule has 0 bridgehead atoms. The number of carbonyl (C=O) groups excluding carboxylic acids is 1. The number of ether oxygens (including phenoxy) is 2. The number of nitro benzene ring substituents is 1. The van der Waals surface area contributed by atoms with Gasteiger partial charge in [0.15, 0.2) is 5.76 Å². The van der Waals surface area contributed by atoms with Gasteiger partial charge in [-0.1, -0.05) is 28.1 Å². The molecule has 0 aliphatic heterocycles. The number of hydrogen-bond acceptors (Lipinski definition) is 7. The SMILES string of the molecule is Cc1ccc(C)n1-c1ccc(OCc2ccc(C(=O)N/N=C/c3cc([N+](=O)[O-])ccc3OCc3ccc(Br)cc3)o2)cc1. The first kappa shape index (κ1) is 29.3. The smallest absolute Gasteiger partial charge is 0.307 e. The van der Waals surface area contributed by atoms with Crippen molar-refractivity contribution in [1.82, 2.24) is 9.99 Å². The maximum absolute atomic E-state index is 12.6. The number of carbonyl (C=O) groups is 1. The monoisotopic (exact) mass is 642 g/mol. The van der Waals surface area contributed by atoms with Crippen molar-refractivity contribution in [3.8, 4) is 17.2 Å². The molecule has 5 aromatic rings. The molecule has 0 fully saturated rings. The molecule has 10 nitrogen and oxygen atoms in total. The van der Waals surface area contributed by atoms with Gasteiger partial charge < -0.3 is 18.5 Å². The van der Waals surface area contributed by atoms with E-state index in [9.17, 15) is 14.9 Å². The van der Waals surface area contributed by atoms with E-state index in [1.165, 1.54) is 30.5 Å². The second-order valence-electron chi connectivity index (χ2n) is 9.59. The average molecular weight is 643 g/mol. The molecule has 0 radical (unpaired) electrons. The van der Waals surface area contributed by atoms with E-state index in [0.29, 0.717) is 22.8 Å². The van der Waals surface area contributed by atoms with Crippen LogP contribution in [0.1, 0.15) is 38.8 Å². The molecule has 0 saturated heterocycles. The molecule has 43 heavy (non-hydrogen) atoms. The van der Waals surface area contributed by atoms with Crippen molar-refractivity contribution in [1.29, 1.82) is 0 Å². The minimum Gasteiger partial charge on any atom is -0.488 e. The summed E-state index contributed by atoms with van der Waals surface area (Å²) in [7, 11) is 0. The van der Waals surface area contributed by atoms with Crippen molar-refractivity contribution in [3.63, 3.8) is 0 Å². The molecular weight excluding hydrogens is 616 g/mol. The third-order valence-electron chi connectivity index (χ3n) is 6.51. The maximum Gasteiger partial charge on any atom is 0.307 e. The molecule has 0 spiro atoms. The fraction of sp³-hybridized carbons (Fsp3) is 0.125. The zero-order valence-electron chi connectivity index (χ0n) is 23.3. The van der Waals surface area contributed by atoms with Gasteiger partial charge in [-0.3, -0.25) is 14.9 Å². The lowest BCUT2D eigenvalue weighted by atomic mass is 10.2. The molecule has 3 aromatic carbocycles. The highest BCUT2D eigenvalue weighted by Crippen LogP contribution is 2.25. The standard InChI is InChI=1S/C32H27BrN4O6/c1-21-3-4-22(2)36(21)26-9-12-28(13-10-26)41-20-29-14-16-31(43-29)32(38)35-34-18-24-17-27(37(39)40)11-15-30(24)42-19-23-5-7-25(33)8-6-23/h3-18H,19-20H2,1-2H3,(H,35,38)/b34-18+. The number of aryl methyl sites for hydroxylation is 2. The number of non-ortho nitro benzene ring substituents is 1. The van der Waals surface area contributed by atoms with E-state index in [0.717, 1.165) is 27.1 Å². The lowest BCUT2D eigenvalue weighted by Gasteiger charge is -2.10. The van der Waals surface area contributed by atoms with Gasteiger partial charge in [-0.05, 0) is 86.1 Å². The van der Waals surface area contributed by atoms with Gasteiger partial charge in [-0.2, -0.15) is 5.10 Å². The maximum atomic E-state index is 12.6. The molecule has 0 unspecified atom stereocenters. The van der Waals surface area contributed by atoms with Crippen molar-refractivity contribution in [2.45, 2.75) is 27.1 Å². The number of nitro groups is 1. The number of aromatic nitrogens is 1. The summed E-state index contributed by atoms with van der Waals surface area (Å²) in [5.41, 5.74) is 6.82. The molecule has 218 valence electrons. The van der Waals surface area contributed by atoms with Gasteiger partial charge >= 0.3 is 5.91 Å². The van der Waals surface area contributed by atoms with Crippen LogP contribution in [-0.4, -0.2) is 21.6 Å². The normalized spacial score (nSPS) is 11.0. The van der Waals surface area contributed by atoms with Gasteiger partial charge in [0.25, 0.3) is 5.69 Å². The van der Waals surface area contributed by atoms with E-state index in [-0.39, 0.29) is 24.7 Å². The summed E-state index contributed by atoms with van der Waals surface area (Å²) in [6.45, 7) is 4.48. The Morgan fingerprint density at radius 1 is 0.953 bits per heavy atom. The molecule has 0 atom stereocenters. The van der Waals surface area contributed by atoms with Crippen molar-refractivity contribution >= 4 is 33.7 Å². The van der Waals surface area contributed by atoms with Gasteiger partial charge in [-0.15, -0.1) is 0 Å². The van der Waals surface area contributed by atoms with Crippen LogP contribution in [0, 0.1) is 24.0 Å². The fourth-order valence-corrected chi connectivity index (χ4v) is 4.60. The Kier molecular flexibility index (Phi) is 9.02. The summed E-state index contributed by atoms with van der Waals surface area (Å²) >= 11 is 3.39. The van der Waals surface area contributed by atoms with E-state index in [2.05, 4.69) is 57.0 Å². The summed E-state index contributed by atoms with van der Waals surface area (Å²) in [5.74, 6) is 0.934. The van der Waals surface area contributed by atoms with Crippen molar-refractivity contribution in [2.75, 3.05) is 0 Å². The predicted molar refractivity (Wildman–Crippen MR) is 165 cm³/mol.